The van der Waals surface area contributed by atoms with Gasteiger partial charge in [-0.15, -0.1) is 0 Å². The van der Waals surface area contributed by atoms with Gasteiger partial charge in [-0.3, -0.25) is 9.89 Å². The number of nitrogens with zero attached hydrogens (tertiary/aromatic N) is 2. The molecule has 1 aliphatic rings. The Kier molecular flexibility index (Phi) is 5.10. The molecule has 2 heterocycles. The predicted molar refractivity (Wildman–Crippen MR) is 129 cm³/mol. The van der Waals surface area contributed by atoms with Crippen molar-refractivity contribution in [2.45, 2.75) is 13.0 Å². The SMILES string of the molecule is CC1=NC(=O)NC(c2cccc(-c3cccc(N)c3)c2)C1C(=O)Nc1ccc2[nH]ncc2c1. The summed E-state index contributed by atoms with van der Waals surface area (Å²) in [6.45, 7) is 1.71. The maximum Gasteiger partial charge on any atom is 0.341 e. The van der Waals surface area contributed by atoms with E-state index >= 15 is 0 Å². The normalized spacial score (nSPS) is 18.0. The number of carbonyl (C=O) groups excluding carboxylic acids is 2. The first kappa shape index (κ1) is 20.4. The van der Waals surface area contributed by atoms with Crippen LogP contribution in [0, 0.1) is 5.92 Å². The molecule has 5 rings (SSSR count). The number of aromatic nitrogens is 2. The van der Waals surface area contributed by atoms with Crippen LogP contribution in [0.25, 0.3) is 22.0 Å². The van der Waals surface area contributed by atoms with Crippen molar-refractivity contribution in [1.29, 1.82) is 0 Å². The van der Waals surface area contributed by atoms with Crippen LogP contribution < -0.4 is 16.4 Å². The van der Waals surface area contributed by atoms with E-state index in [4.69, 9.17) is 5.73 Å². The Hall–Kier alpha value is -4.46. The van der Waals surface area contributed by atoms with Crippen molar-refractivity contribution in [2.24, 2.45) is 10.9 Å². The van der Waals surface area contributed by atoms with Crippen molar-refractivity contribution in [1.82, 2.24) is 15.5 Å². The van der Waals surface area contributed by atoms with Crippen LogP contribution in [0.3, 0.4) is 0 Å². The van der Waals surface area contributed by atoms with Gasteiger partial charge in [0.15, 0.2) is 0 Å². The van der Waals surface area contributed by atoms with E-state index in [0.29, 0.717) is 17.1 Å². The van der Waals surface area contributed by atoms with Crippen molar-refractivity contribution in [2.75, 3.05) is 11.1 Å². The molecule has 3 aromatic carbocycles. The number of nitrogen functional groups attached to an aromatic ring is 1. The molecule has 0 bridgehead atoms. The van der Waals surface area contributed by atoms with Crippen molar-refractivity contribution < 1.29 is 9.59 Å². The first-order valence-electron chi connectivity index (χ1n) is 10.5. The van der Waals surface area contributed by atoms with Crippen LogP contribution in [-0.4, -0.2) is 27.8 Å². The number of rotatable bonds is 4. The number of carbonyl (C=O) groups is 2. The van der Waals surface area contributed by atoms with E-state index in [-0.39, 0.29) is 5.91 Å². The standard InChI is InChI=1S/C25H22N6O2/c1-14-22(24(32)29-20-8-9-21-18(12-20)13-27-31-21)23(30-25(33)28-14)17-6-2-4-15(10-17)16-5-3-7-19(26)11-16/h2-13,22-23H,26H2,1H3,(H,27,31)(H,29,32)(H,30,33). The Morgan fingerprint density at radius 2 is 1.82 bits per heavy atom. The van der Waals surface area contributed by atoms with Crippen LogP contribution in [0.2, 0.25) is 0 Å². The Balaban J connectivity index is 1.48. The van der Waals surface area contributed by atoms with Crippen molar-refractivity contribution >= 4 is 39.9 Å². The van der Waals surface area contributed by atoms with E-state index in [0.717, 1.165) is 27.6 Å². The zero-order valence-corrected chi connectivity index (χ0v) is 17.9. The minimum Gasteiger partial charge on any atom is -0.399 e. The van der Waals surface area contributed by atoms with Gasteiger partial charge in [0.1, 0.15) is 5.92 Å². The number of aliphatic imine (C=N–C) groups is 1. The smallest absolute Gasteiger partial charge is 0.341 e. The monoisotopic (exact) mass is 438 g/mol. The molecule has 5 N–H and O–H groups in total. The van der Waals surface area contributed by atoms with Crippen molar-refractivity contribution in [3.63, 3.8) is 0 Å². The molecule has 0 fully saturated rings. The van der Waals surface area contributed by atoms with E-state index in [9.17, 15) is 9.59 Å². The minimum absolute atomic E-state index is 0.251. The predicted octanol–water partition coefficient (Wildman–Crippen LogP) is 4.29. The average Bonchev–Trinajstić information content (AvgIpc) is 3.26. The summed E-state index contributed by atoms with van der Waals surface area (Å²) in [4.78, 5) is 29.6. The molecule has 0 aliphatic carbocycles. The highest BCUT2D eigenvalue weighted by Crippen LogP contribution is 2.31. The summed E-state index contributed by atoms with van der Waals surface area (Å²) in [6, 6.07) is 19.8. The van der Waals surface area contributed by atoms with Crippen LogP contribution in [-0.2, 0) is 4.79 Å². The third-order valence-corrected chi connectivity index (χ3v) is 5.80. The largest absolute Gasteiger partial charge is 0.399 e. The van der Waals surface area contributed by atoms with Crippen LogP contribution in [0.15, 0.2) is 77.9 Å². The lowest BCUT2D eigenvalue weighted by molar-refractivity contribution is -0.118. The lowest BCUT2D eigenvalue weighted by Gasteiger charge is -2.30. The number of benzene rings is 3. The number of anilines is 2. The van der Waals surface area contributed by atoms with Gasteiger partial charge < -0.3 is 16.4 Å². The van der Waals surface area contributed by atoms with E-state index in [1.165, 1.54) is 0 Å². The fraction of sp³-hybridized carbons (Fsp3) is 0.120. The third-order valence-electron chi connectivity index (χ3n) is 5.80. The molecule has 33 heavy (non-hydrogen) atoms. The molecule has 0 saturated heterocycles. The van der Waals surface area contributed by atoms with Gasteiger partial charge in [0.05, 0.1) is 17.8 Å². The van der Waals surface area contributed by atoms with Gasteiger partial charge in [-0.25, -0.2) is 9.79 Å². The van der Waals surface area contributed by atoms with Gasteiger partial charge in [0.25, 0.3) is 0 Å². The first-order valence-corrected chi connectivity index (χ1v) is 10.5. The molecule has 164 valence electrons. The number of aromatic amines is 1. The van der Waals surface area contributed by atoms with Gasteiger partial charge in [0, 0.05) is 22.5 Å². The number of nitrogens with two attached hydrogens (primary N) is 1. The quantitative estimate of drug-likeness (QED) is 0.355. The zero-order chi connectivity index (χ0) is 22.9. The molecule has 0 saturated carbocycles. The van der Waals surface area contributed by atoms with Gasteiger partial charge in [0.2, 0.25) is 5.91 Å². The van der Waals surface area contributed by atoms with Gasteiger partial charge in [-0.2, -0.15) is 5.10 Å². The maximum absolute atomic E-state index is 13.4. The van der Waals surface area contributed by atoms with Crippen LogP contribution in [0.4, 0.5) is 16.2 Å². The summed E-state index contributed by atoms with van der Waals surface area (Å²) in [5.74, 6) is -0.919. The zero-order valence-electron chi connectivity index (χ0n) is 17.9. The molecule has 4 aromatic rings. The molecular weight excluding hydrogens is 416 g/mol. The highest BCUT2D eigenvalue weighted by molar-refractivity contribution is 6.13. The molecule has 1 aliphatic heterocycles. The number of amides is 3. The van der Waals surface area contributed by atoms with Crippen molar-refractivity contribution in [3.05, 3.63) is 78.5 Å². The summed E-state index contributed by atoms with van der Waals surface area (Å²) >= 11 is 0. The molecular formula is C25H22N6O2. The summed E-state index contributed by atoms with van der Waals surface area (Å²) in [7, 11) is 0. The fourth-order valence-corrected chi connectivity index (χ4v) is 4.21. The van der Waals surface area contributed by atoms with Gasteiger partial charge in [-0.1, -0.05) is 30.3 Å². The molecule has 2 unspecified atom stereocenters. The van der Waals surface area contributed by atoms with E-state index in [1.807, 2.05) is 66.7 Å². The Morgan fingerprint density at radius 1 is 1.03 bits per heavy atom. The minimum atomic E-state index is -0.668. The number of hydrogen-bond donors (Lipinski definition) is 4. The lowest BCUT2D eigenvalue weighted by atomic mass is 9.86. The van der Waals surface area contributed by atoms with E-state index in [1.54, 1.807) is 13.1 Å². The van der Waals surface area contributed by atoms with Crippen LogP contribution in [0.1, 0.15) is 18.5 Å². The second-order valence-corrected chi connectivity index (χ2v) is 8.07. The molecule has 8 heteroatoms. The van der Waals surface area contributed by atoms with E-state index < -0.39 is 18.0 Å². The Morgan fingerprint density at radius 3 is 2.64 bits per heavy atom. The highest BCUT2D eigenvalue weighted by atomic mass is 16.2. The number of fused-ring (bicyclic) bond motifs is 1. The molecule has 1 aromatic heterocycles. The number of nitrogens with one attached hydrogen (secondary N) is 3. The number of urea groups is 1. The summed E-state index contributed by atoms with van der Waals surface area (Å²) < 4.78 is 0. The van der Waals surface area contributed by atoms with Gasteiger partial charge >= 0.3 is 6.03 Å². The Bertz CT molecular complexity index is 1410. The molecule has 0 spiro atoms. The Labute approximate surface area is 189 Å². The van der Waals surface area contributed by atoms with Crippen molar-refractivity contribution in [3.8, 4) is 11.1 Å². The summed E-state index contributed by atoms with van der Waals surface area (Å²) in [5.41, 5.74) is 11.3. The highest BCUT2D eigenvalue weighted by Gasteiger charge is 2.37. The second kappa shape index (κ2) is 8.23. The lowest BCUT2D eigenvalue weighted by Crippen LogP contribution is -2.45. The van der Waals surface area contributed by atoms with E-state index in [2.05, 4.69) is 25.8 Å². The average molecular weight is 438 g/mol. The molecule has 0 radical (unpaired) electrons. The first-order chi connectivity index (χ1) is 16.0. The molecule has 2 atom stereocenters. The van der Waals surface area contributed by atoms with Crippen LogP contribution in [0.5, 0.6) is 0 Å². The third kappa shape index (κ3) is 4.06. The van der Waals surface area contributed by atoms with Crippen LogP contribution >= 0.6 is 0 Å². The number of H-pyrrole nitrogens is 1. The maximum atomic E-state index is 13.4. The molecule has 3 amide bonds. The number of hydrogen-bond acceptors (Lipinski definition) is 4. The molecule has 8 nitrogen and oxygen atoms in total. The second-order valence-electron chi connectivity index (χ2n) is 8.07. The van der Waals surface area contributed by atoms with Gasteiger partial charge in [-0.05, 0) is 60.0 Å². The summed E-state index contributed by atoms with van der Waals surface area (Å²) in [6.07, 6.45) is 1.70. The summed E-state index contributed by atoms with van der Waals surface area (Å²) in [5, 5.41) is 13.6. The topological polar surface area (TPSA) is 125 Å². The fourth-order valence-electron chi connectivity index (χ4n) is 4.21.